The van der Waals surface area contributed by atoms with E-state index in [2.05, 4.69) is 20.4 Å². The van der Waals surface area contributed by atoms with Crippen molar-refractivity contribution in [1.29, 1.82) is 0 Å². The van der Waals surface area contributed by atoms with Gasteiger partial charge in [0.15, 0.2) is 5.13 Å². The van der Waals surface area contributed by atoms with Crippen molar-refractivity contribution in [2.45, 2.75) is 20.5 Å². The van der Waals surface area contributed by atoms with E-state index in [0.29, 0.717) is 5.13 Å². The number of aromatic nitrogens is 1. The Morgan fingerprint density at radius 3 is 2.72 bits per heavy atom. The molecule has 29 heavy (non-hydrogen) atoms. The van der Waals surface area contributed by atoms with Crippen LogP contribution in [0.15, 0.2) is 35.7 Å². The van der Waals surface area contributed by atoms with Gasteiger partial charge in [-0.1, -0.05) is 6.07 Å². The van der Waals surface area contributed by atoms with Crippen LogP contribution < -0.4 is 15.4 Å². The van der Waals surface area contributed by atoms with Gasteiger partial charge in [-0.05, 0) is 38.1 Å². The predicted octanol–water partition coefficient (Wildman–Crippen LogP) is 4.46. The molecule has 0 radical (unpaired) electrons. The van der Waals surface area contributed by atoms with Crippen molar-refractivity contribution in [3.05, 3.63) is 51.0 Å². The van der Waals surface area contributed by atoms with Crippen LogP contribution in [0.4, 0.5) is 13.9 Å². The highest BCUT2D eigenvalue weighted by Gasteiger charge is 2.14. The summed E-state index contributed by atoms with van der Waals surface area (Å²) >= 11 is 2.97. The van der Waals surface area contributed by atoms with Gasteiger partial charge in [-0.25, -0.2) is 4.98 Å². The molecule has 1 aromatic carbocycles. The Kier molecular flexibility index (Phi) is 6.55. The first-order valence-corrected chi connectivity index (χ1v) is 10.2. The van der Waals surface area contributed by atoms with Crippen molar-refractivity contribution < 1.29 is 23.1 Å². The second-order valence-corrected chi connectivity index (χ2v) is 8.32. The molecule has 0 aliphatic rings. The van der Waals surface area contributed by atoms with Crippen molar-refractivity contribution in [2.75, 3.05) is 11.9 Å². The minimum Gasteiger partial charge on any atom is -0.435 e. The lowest BCUT2D eigenvalue weighted by atomic mass is 10.2. The molecule has 10 heteroatoms. The molecule has 0 bridgehead atoms. The summed E-state index contributed by atoms with van der Waals surface area (Å²) in [5.74, 6) is -1.16. The number of nitrogens with zero attached hydrogens (tertiary/aromatic N) is 1. The van der Waals surface area contributed by atoms with Gasteiger partial charge < -0.3 is 15.4 Å². The van der Waals surface area contributed by atoms with Crippen molar-refractivity contribution in [3.63, 3.8) is 0 Å². The lowest BCUT2D eigenvalue weighted by molar-refractivity contribution is -0.115. The number of aryl methyl sites for hydroxylation is 2. The van der Waals surface area contributed by atoms with E-state index in [1.807, 2.05) is 25.3 Å². The van der Waals surface area contributed by atoms with E-state index in [1.165, 1.54) is 40.5 Å². The predicted molar refractivity (Wildman–Crippen MR) is 109 cm³/mol. The first-order valence-electron chi connectivity index (χ1n) is 8.47. The molecule has 2 N–H and O–H groups in total. The summed E-state index contributed by atoms with van der Waals surface area (Å²) in [6.45, 7) is 0.768. The number of nitrogens with one attached hydrogen (secondary N) is 2. The smallest absolute Gasteiger partial charge is 0.387 e. The van der Waals surface area contributed by atoms with E-state index in [-0.39, 0.29) is 17.9 Å². The molecule has 0 saturated carbocycles. The molecule has 0 aliphatic carbocycles. The van der Waals surface area contributed by atoms with Crippen LogP contribution in [-0.4, -0.2) is 30.0 Å². The second kappa shape index (κ2) is 9.10. The molecular formula is C19H17F2N3O3S2. The lowest BCUT2D eigenvalue weighted by Crippen LogP contribution is -2.32. The number of thiazole rings is 1. The SMILES string of the molecule is Cc1cc(-c2csc(NC(=O)CNC(=O)c3cccc(OC(F)F)c3)n2)c(C)s1. The number of hydrogen-bond donors (Lipinski definition) is 2. The first kappa shape index (κ1) is 20.9. The second-order valence-electron chi connectivity index (χ2n) is 6.00. The van der Waals surface area contributed by atoms with Crippen LogP contribution in [0.5, 0.6) is 5.75 Å². The average Bonchev–Trinajstić information content (AvgIpc) is 3.25. The van der Waals surface area contributed by atoms with Crippen LogP contribution >= 0.6 is 22.7 Å². The minimum atomic E-state index is -2.98. The molecule has 2 amide bonds. The van der Waals surface area contributed by atoms with Crippen molar-refractivity contribution >= 4 is 39.6 Å². The van der Waals surface area contributed by atoms with Gasteiger partial charge in [0, 0.05) is 26.3 Å². The van der Waals surface area contributed by atoms with E-state index in [9.17, 15) is 18.4 Å². The molecule has 0 unspecified atom stereocenters. The Morgan fingerprint density at radius 2 is 2.03 bits per heavy atom. The van der Waals surface area contributed by atoms with Crippen LogP contribution in [0.2, 0.25) is 0 Å². The number of carbonyl (C=O) groups excluding carboxylic acids is 2. The fourth-order valence-electron chi connectivity index (χ4n) is 2.58. The maximum Gasteiger partial charge on any atom is 0.387 e. The van der Waals surface area contributed by atoms with Gasteiger partial charge in [-0.15, -0.1) is 22.7 Å². The van der Waals surface area contributed by atoms with Gasteiger partial charge in [0.2, 0.25) is 5.91 Å². The molecule has 3 rings (SSSR count). The number of alkyl halides is 2. The monoisotopic (exact) mass is 437 g/mol. The first-order chi connectivity index (χ1) is 13.8. The minimum absolute atomic E-state index is 0.107. The van der Waals surface area contributed by atoms with Crippen molar-refractivity contribution in [3.8, 4) is 17.0 Å². The maximum atomic E-state index is 12.3. The number of amides is 2. The van der Waals surface area contributed by atoms with Crippen LogP contribution in [0.3, 0.4) is 0 Å². The molecule has 0 saturated heterocycles. The van der Waals surface area contributed by atoms with Gasteiger partial charge in [-0.3, -0.25) is 9.59 Å². The van der Waals surface area contributed by atoms with E-state index < -0.39 is 18.4 Å². The average molecular weight is 437 g/mol. The molecule has 0 atom stereocenters. The van der Waals surface area contributed by atoms with E-state index in [4.69, 9.17) is 0 Å². The van der Waals surface area contributed by atoms with Crippen LogP contribution in [0.25, 0.3) is 11.3 Å². The Balaban J connectivity index is 1.55. The summed E-state index contributed by atoms with van der Waals surface area (Å²) in [5, 5.41) is 7.35. The van der Waals surface area contributed by atoms with E-state index >= 15 is 0 Å². The molecule has 0 aliphatic heterocycles. The molecule has 6 nitrogen and oxygen atoms in total. The van der Waals surface area contributed by atoms with Gasteiger partial charge in [0.05, 0.1) is 12.2 Å². The third kappa shape index (κ3) is 5.58. The van der Waals surface area contributed by atoms with Crippen molar-refractivity contribution in [1.82, 2.24) is 10.3 Å². The molecule has 3 aromatic rings. The fourth-order valence-corrected chi connectivity index (χ4v) is 4.24. The standard InChI is InChI=1S/C19H17F2N3O3S2/c1-10-6-14(11(2)29-10)15-9-28-19(23-15)24-16(25)8-22-17(26)12-4-3-5-13(7-12)27-18(20)21/h3-7,9,18H,8H2,1-2H3,(H,22,26)(H,23,24,25). The van der Waals surface area contributed by atoms with E-state index in [0.717, 1.165) is 16.1 Å². The summed E-state index contributed by atoms with van der Waals surface area (Å²) in [7, 11) is 0. The summed E-state index contributed by atoms with van der Waals surface area (Å²) in [6, 6.07) is 7.39. The topological polar surface area (TPSA) is 80.3 Å². The molecule has 2 heterocycles. The van der Waals surface area contributed by atoms with Crippen LogP contribution in [0, 0.1) is 13.8 Å². The highest BCUT2D eigenvalue weighted by atomic mass is 32.1. The number of anilines is 1. The van der Waals surface area contributed by atoms with Gasteiger partial charge in [0.25, 0.3) is 5.91 Å². The summed E-state index contributed by atoms with van der Waals surface area (Å²) < 4.78 is 28.8. The molecular weight excluding hydrogens is 420 g/mol. The molecule has 2 aromatic heterocycles. The van der Waals surface area contributed by atoms with Gasteiger partial charge in [-0.2, -0.15) is 8.78 Å². The number of hydrogen-bond acceptors (Lipinski definition) is 6. The zero-order chi connectivity index (χ0) is 21.0. The number of halogens is 2. The molecule has 152 valence electrons. The fraction of sp³-hybridized carbons (Fsp3) is 0.211. The van der Waals surface area contributed by atoms with Crippen LogP contribution in [0.1, 0.15) is 20.1 Å². The molecule has 0 spiro atoms. The van der Waals surface area contributed by atoms with Crippen LogP contribution in [-0.2, 0) is 4.79 Å². The van der Waals surface area contributed by atoms with Gasteiger partial charge >= 0.3 is 6.61 Å². The Bertz CT molecular complexity index is 1030. The highest BCUT2D eigenvalue weighted by molar-refractivity contribution is 7.14. The third-order valence-electron chi connectivity index (χ3n) is 3.80. The molecule has 0 fully saturated rings. The number of thiophene rings is 1. The summed E-state index contributed by atoms with van der Waals surface area (Å²) in [6.07, 6.45) is 0. The number of benzene rings is 1. The third-order valence-corrected chi connectivity index (χ3v) is 5.52. The zero-order valence-electron chi connectivity index (χ0n) is 15.5. The van der Waals surface area contributed by atoms with Gasteiger partial charge in [0.1, 0.15) is 5.75 Å². The Morgan fingerprint density at radius 1 is 1.24 bits per heavy atom. The summed E-state index contributed by atoms with van der Waals surface area (Å²) in [5.41, 5.74) is 1.92. The quantitative estimate of drug-likeness (QED) is 0.572. The number of rotatable bonds is 7. The zero-order valence-corrected chi connectivity index (χ0v) is 17.1. The summed E-state index contributed by atoms with van der Waals surface area (Å²) in [4.78, 5) is 31.0. The van der Waals surface area contributed by atoms with E-state index in [1.54, 1.807) is 11.3 Å². The largest absolute Gasteiger partial charge is 0.435 e. The maximum absolute atomic E-state index is 12.3. The Labute approximate surface area is 173 Å². The number of ether oxygens (including phenoxy) is 1. The lowest BCUT2D eigenvalue weighted by Gasteiger charge is -2.08. The number of carbonyl (C=O) groups is 2. The normalized spacial score (nSPS) is 10.8. The Hall–Kier alpha value is -2.85. The van der Waals surface area contributed by atoms with Crippen molar-refractivity contribution in [2.24, 2.45) is 0 Å². The highest BCUT2D eigenvalue weighted by Crippen LogP contribution is 2.32.